The van der Waals surface area contributed by atoms with E-state index in [0.29, 0.717) is 22.5 Å². The number of carbonyl (C=O) groups is 4. The van der Waals surface area contributed by atoms with E-state index in [1.165, 1.54) is 18.2 Å². The summed E-state index contributed by atoms with van der Waals surface area (Å²) in [5.41, 5.74) is 3.46. The van der Waals surface area contributed by atoms with Crippen molar-refractivity contribution in [3.05, 3.63) is 83.2 Å². The maximum atomic E-state index is 12.9. The predicted octanol–water partition coefficient (Wildman–Crippen LogP) is 2.66. The van der Waals surface area contributed by atoms with Crippen LogP contribution in [0.5, 0.6) is 0 Å². The van der Waals surface area contributed by atoms with Gasteiger partial charge in [-0.2, -0.15) is 0 Å². The molecule has 3 aliphatic rings. The van der Waals surface area contributed by atoms with Crippen LogP contribution in [0, 0.1) is 0 Å². The number of nitrogens with one attached hydrogen (secondary N) is 1. The monoisotopic (exact) mass is 553 g/mol. The van der Waals surface area contributed by atoms with Crippen LogP contribution >= 0.6 is 0 Å². The largest absolute Gasteiger partial charge is 0.478 e. The van der Waals surface area contributed by atoms with E-state index >= 15 is 0 Å². The van der Waals surface area contributed by atoms with Gasteiger partial charge in [-0.05, 0) is 35.9 Å². The van der Waals surface area contributed by atoms with Gasteiger partial charge in [0.05, 0.1) is 11.6 Å². The van der Waals surface area contributed by atoms with Crippen LogP contribution < -0.4 is 20.1 Å². The Kier molecular flexibility index (Phi) is 7.15. The van der Waals surface area contributed by atoms with Crippen molar-refractivity contribution in [1.29, 1.82) is 0 Å². The molecule has 2 heterocycles. The van der Waals surface area contributed by atoms with Crippen LogP contribution in [0.3, 0.4) is 0 Å². The fourth-order valence-corrected chi connectivity index (χ4v) is 4.83. The Bertz CT molecular complexity index is 1800. The number of anilines is 1. The van der Waals surface area contributed by atoms with Crippen LogP contribution in [0.25, 0.3) is 33.4 Å². The van der Waals surface area contributed by atoms with E-state index in [0.717, 1.165) is 26.9 Å². The third kappa shape index (κ3) is 5.19. The highest BCUT2D eigenvalue weighted by Crippen LogP contribution is 2.42. The number of fused-ring (bicyclic) bond motifs is 2. The van der Waals surface area contributed by atoms with Crippen molar-refractivity contribution < 1.29 is 28.7 Å². The number of carboxylic acids is 1. The van der Waals surface area contributed by atoms with E-state index in [9.17, 15) is 24.3 Å². The highest BCUT2D eigenvalue weighted by Gasteiger charge is 2.25. The van der Waals surface area contributed by atoms with Gasteiger partial charge < -0.3 is 19.7 Å². The third-order valence-electron chi connectivity index (χ3n) is 7.02. The summed E-state index contributed by atoms with van der Waals surface area (Å²) in [5.74, 6) is -1.99. The van der Waals surface area contributed by atoms with Gasteiger partial charge >= 0.3 is 5.97 Å². The van der Waals surface area contributed by atoms with E-state index < -0.39 is 23.7 Å². The van der Waals surface area contributed by atoms with Gasteiger partial charge in [-0.15, -0.1) is 0 Å². The van der Waals surface area contributed by atoms with E-state index in [-0.39, 0.29) is 24.2 Å². The maximum Gasteiger partial charge on any atom is 0.336 e. The van der Waals surface area contributed by atoms with Crippen molar-refractivity contribution in [1.82, 2.24) is 14.8 Å². The van der Waals surface area contributed by atoms with Crippen LogP contribution in [0.15, 0.2) is 71.2 Å². The van der Waals surface area contributed by atoms with Crippen molar-refractivity contribution in [2.45, 2.75) is 0 Å². The number of carboxylic acid groups (broad SMARTS) is 1. The van der Waals surface area contributed by atoms with Crippen molar-refractivity contribution in [2.75, 3.05) is 46.2 Å². The summed E-state index contributed by atoms with van der Waals surface area (Å²) in [5, 5.41) is 14.5. The average molecular weight is 554 g/mol. The molecule has 0 aromatic heterocycles. The lowest BCUT2D eigenvalue weighted by Crippen LogP contribution is -2.38. The Morgan fingerprint density at radius 2 is 1.66 bits per heavy atom. The SMILES string of the molecule is CN(C)c1ccc2c(-c3ccc(C(=O)NCCN4C(=O)C=CC4=O)cc3C(=O)O)c3ccc(=[N+](C)C)cc-3oc2c1. The molecule has 0 spiro atoms. The number of nitrogens with zero attached hydrogens (tertiary/aromatic N) is 3. The Morgan fingerprint density at radius 3 is 2.32 bits per heavy atom. The number of hydrogen-bond acceptors (Lipinski definition) is 6. The molecule has 0 radical (unpaired) electrons. The molecule has 0 fully saturated rings. The van der Waals surface area contributed by atoms with Crippen molar-refractivity contribution in [2.24, 2.45) is 0 Å². The zero-order valence-electron chi connectivity index (χ0n) is 23.1. The fraction of sp³-hybridized carbons (Fsp3) is 0.194. The number of imide groups is 1. The highest BCUT2D eigenvalue weighted by molar-refractivity contribution is 6.13. The minimum Gasteiger partial charge on any atom is -0.478 e. The summed E-state index contributed by atoms with van der Waals surface area (Å²) < 4.78 is 8.29. The van der Waals surface area contributed by atoms with Crippen molar-refractivity contribution in [3.63, 3.8) is 0 Å². The van der Waals surface area contributed by atoms with E-state index in [2.05, 4.69) is 5.32 Å². The van der Waals surface area contributed by atoms with Gasteiger partial charge in [0, 0.05) is 79.2 Å². The first-order chi connectivity index (χ1) is 19.5. The van der Waals surface area contributed by atoms with Gasteiger partial charge in [-0.3, -0.25) is 19.3 Å². The lowest BCUT2D eigenvalue weighted by Gasteiger charge is -2.19. The van der Waals surface area contributed by atoms with Gasteiger partial charge in [-0.1, -0.05) is 6.07 Å². The maximum absolute atomic E-state index is 12.9. The molecule has 208 valence electrons. The lowest BCUT2D eigenvalue weighted by atomic mass is 9.89. The third-order valence-corrected chi connectivity index (χ3v) is 7.02. The Labute approximate surface area is 235 Å². The highest BCUT2D eigenvalue weighted by atomic mass is 16.4. The Balaban J connectivity index is 1.59. The molecule has 10 nitrogen and oxygen atoms in total. The van der Waals surface area contributed by atoms with Crippen molar-refractivity contribution in [3.8, 4) is 22.5 Å². The molecule has 0 atom stereocenters. The molecule has 0 unspecified atom stereocenters. The molecule has 10 heteroatoms. The summed E-state index contributed by atoms with van der Waals surface area (Å²) in [6.45, 7) is 0.0374. The van der Waals surface area contributed by atoms with E-state index in [4.69, 9.17) is 4.42 Å². The molecule has 3 amide bonds. The molecular formula is C31H29N4O6+. The first-order valence-corrected chi connectivity index (χ1v) is 12.9. The zero-order valence-corrected chi connectivity index (χ0v) is 23.1. The number of benzene rings is 3. The van der Waals surface area contributed by atoms with Gasteiger partial charge in [0.2, 0.25) is 5.36 Å². The van der Waals surface area contributed by atoms with Gasteiger partial charge in [0.1, 0.15) is 25.4 Å². The fourth-order valence-electron chi connectivity index (χ4n) is 4.83. The van der Waals surface area contributed by atoms with Crippen LogP contribution in [0.4, 0.5) is 5.69 Å². The standard InChI is InChI=1S/C31H28N4O6/c1-33(2)19-6-9-22-25(16-19)41-26-17-20(34(3)4)7-10-23(26)29(22)21-8-5-18(15-24(21)31(39)40)30(38)32-13-14-35-27(36)11-12-28(35)37/h5-12,15-17H,13-14H2,1-4H3,(H-,32,38,39,40)/p+1. The number of aromatic carboxylic acids is 1. The molecule has 2 aromatic rings. The Hall–Kier alpha value is -5.25. The first-order valence-electron chi connectivity index (χ1n) is 12.9. The summed E-state index contributed by atoms with van der Waals surface area (Å²) in [4.78, 5) is 51.9. The second kappa shape index (κ2) is 10.7. The molecule has 0 bridgehead atoms. The number of carbonyl (C=O) groups excluding carboxylic acids is 3. The molecule has 2 aromatic carbocycles. The number of rotatable bonds is 7. The van der Waals surface area contributed by atoms with Crippen molar-refractivity contribution >= 4 is 40.3 Å². The second-order valence-electron chi connectivity index (χ2n) is 10.1. The minimum absolute atomic E-state index is 0.00957. The van der Waals surface area contributed by atoms with Crippen LogP contribution in [0.1, 0.15) is 20.7 Å². The molecule has 1 aliphatic carbocycles. The summed E-state index contributed by atoms with van der Waals surface area (Å²) in [7, 11) is 7.71. The average Bonchev–Trinajstić information content (AvgIpc) is 3.27. The van der Waals surface area contributed by atoms with E-state index in [1.807, 2.05) is 74.1 Å². The molecule has 0 saturated carbocycles. The topological polar surface area (TPSA) is 123 Å². The van der Waals surface area contributed by atoms with E-state index in [1.54, 1.807) is 12.1 Å². The number of hydrogen-bond donors (Lipinski definition) is 2. The lowest BCUT2D eigenvalue weighted by molar-refractivity contribution is -0.136. The summed E-state index contributed by atoms with van der Waals surface area (Å²) >= 11 is 0. The number of amides is 3. The predicted molar refractivity (Wildman–Crippen MR) is 155 cm³/mol. The van der Waals surface area contributed by atoms with Gasteiger partial charge in [-0.25, -0.2) is 9.37 Å². The molecule has 5 rings (SSSR count). The van der Waals surface area contributed by atoms with Crippen LogP contribution in [-0.4, -0.2) is 75.0 Å². The normalized spacial score (nSPS) is 12.8. The molecule has 41 heavy (non-hydrogen) atoms. The molecule has 2 aliphatic heterocycles. The summed E-state index contributed by atoms with van der Waals surface area (Å²) in [6, 6.07) is 16.0. The van der Waals surface area contributed by atoms with Gasteiger partial charge in [0.15, 0.2) is 0 Å². The van der Waals surface area contributed by atoms with Crippen LogP contribution in [0.2, 0.25) is 0 Å². The molecule has 2 N–H and O–H groups in total. The molecular weight excluding hydrogens is 524 g/mol. The smallest absolute Gasteiger partial charge is 0.336 e. The Morgan fingerprint density at radius 1 is 0.951 bits per heavy atom. The molecule has 0 saturated heterocycles. The zero-order chi connectivity index (χ0) is 29.4. The second-order valence-corrected chi connectivity index (χ2v) is 10.1. The summed E-state index contributed by atoms with van der Waals surface area (Å²) in [6.07, 6.45) is 2.35. The van der Waals surface area contributed by atoms with Gasteiger partial charge in [0.25, 0.3) is 17.7 Å². The quantitative estimate of drug-likeness (QED) is 0.205. The first kappa shape index (κ1) is 27.3. The minimum atomic E-state index is -1.19. The van der Waals surface area contributed by atoms with Crippen LogP contribution in [-0.2, 0) is 9.59 Å².